The molecule has 104 valence electrons. The third-order valence-electron chi connectivity index (χ3n) is 3.47. The summed E-state index contributed by atoms with van der Waals surface area (Å²) in [6, 6.07) is 14.8. The van der Waals surface area contributed by atoms with Crippen molar-refractivity contribution in [2.45, 2.75) is 25.7 Å². The summed E-state index contributed by atoms with van der Waals surface area (Å²) in [5.41, 5.74) is 3.35. The number of hydrogen-bond donors (Lipinski definition) is 1. The van der Waals surface area contributed by atoms with E-state index in [1.165, 1.54) is 23.9 Å². The SMILES string of the molecule is CC(CCC=NO)c1ccc(-c2ccc(F)cc2)cc1. The Labute approximate surface area is 118 Å². The van der Waals surface area contributed by atoms with E-state index in [0.29, 0.717) is 5.92 Å². The largest absolute Gasteiger partial charge is 0.411 e. The van der Waals surface area contributed by atoms with Gasteiger partial charge in [-0.05, 0) is 47.6 Å². The van der Waals surface area contributed by atoms with Gasteiger partial charge < -0.3 is 5.21 Å². The summed E-state index contributed by atoms with van der Waals surface area (Å²) in [5.74, 6) is 0.194. The predicted octanol–water partition coefficient (Wildman–Crippen LogP) is 4.84. The zero-order chi connectivity index (χ0) is 14.4. The maximum absolute atomic E-state index is 12.9. The fourth-order valence-corrected chi connectivity index (χ4v) is 2.20. The summed E-state index contributed by atoms with van der Waals surface area (Å²) in [6.45, 7) is 2.15. The molecule has 20 heavy (non-hydrogen) atoms. The van der Waals surface area contributed by atoms with E-state index < -0.39 is 0 Å². The Balaban J connectivity index is 2.07. The molecule has 0 aliphatic carbocycles. The molecule has 0 heterocycles. The number of nitrogens with zero attached hydrogens (tertiary/aromatic N) is 1. The first-order chi connectivity index (χ1) is 9.70. The van der Waals surface area contributed by atoms with Crippen LogP contribution in [0.4, 0.5) is 4.39 Å². The highest BCUT2D eigenvalue weighted by molar-refractivity contribution is 5.63. The molecular formula is C17H18FNO. The second-order valence-electron chi connectivity index (χ2n) is 4.91. The monoisotopic (exact) mass is 271 g/mol. The maximum Gasteiger partial charge on any atom is 0.123 e. The van der Waals surface area contributed by atoms with Gasteiger partial charge in [0.25, 0.3) is 0 Å². The van der Waals surface area contributed by atoms with Gasteiger partial charge in [-0.15, -0.1) is 5.16 Å². The molecule has 0 saturated carbocycles. The third kappa shape index (κ3) is 3.67. The highest BCUT2D eigenvalue weighted by atomic mass is 19.1. The molecule has 2 aromatic rings. The zero-order valence-corrected chi connectivity index (χ0v) is 11.5. The summed E-state index contributed by atoms with van der Waals surface area (Å²) in [5, 5.41) is 11.4. The summed E-state index contributed by atoms with van der Waals surface area (Å²) >= 11 is 0. The first kappa shape index (κ1) is 14.3. The third-order valence-corrected chi connectivity index (χ3v) is 3.47. The lowest BCUT2D eigenvalue weighted by molar-refractivity contribution is 0.320. The molecule has 2 rings (SSSR count). The lowest BCUT2D eigenvalue weighted by Gasteiger charge is -2.11. The molecule has 3 heteroatoms. The Morgan fingerprint density at radius 2 is 1.60 bits per heavy atom. The number of halogens is 1. The predicted molar refractivity (Wildman–Crippen MR) is 79.8 cm³/mol. The van der Waals surface area contributed by atoms with Crippen LogP contribution in [-0.2, 0) is 0 Å². The van der Waals surface area contributed by atoms with Crippen molar-refractivity contribution in [3.05, 3.63) is 59.9 Å². The molecule has 0 aliphatic heterocycles. The lowest BCUT2D eigenvalue weighted by atomic mass is 9.94. The van der Waals surface area contributed by atoms with Crippen LogP contribution in [-0.4, -0.2) is 11.4 Å². The molecule has 1 N–H and O–H groups in total. The van der Waals surface area contributed by atoms with Crippen molar-refractivity contribution in [3.8, 4) is 11.1 Å². The van der Waals surface area contributed by atoms with E-state index >= 15 is 0 Å². The average Bonchev–Trinajstić information content (AvgIpc) is 2.48. The molecular weight excluding hydrogens is 253 g/mol. The normalized spacial score (nSPS) is 12.7. The zero-order valence-electron chi connectivity index (χ0n) is 11.5. The van der Waals surface area contributed by atoms with Crippen molar-refractivity contribution < 1.29 is 9.60 Å². The fourth-order valence-electron chi connectivity index (χ4n) is 2.20. The van der Waals surface area contributed by atoms with Crippen LogP contribution in [0.1, 0.15) is 31.2 Å². The molecule has 0 aliphatic rings. The minimum absolute atomic E-state index is 0.218. The van der Waals surface area contributed by atoms with Gasteiger partial charge in [0.2, 0.25) is 0 Å². The van der Waals surface area contributed by atoms with Gasteiger partial charge in [0.05, 0.1) is 0 Å². The van der Waals surface area contributed by atoms with Gasteiger partial charge >= 0.3 is 0 Å². The standard InChI is InChI=1S/C17H18FNO/c1-13(3-2-12-19-20)14-4-6-15(7-5-14)16-8-10-17(18)11-9-16/h4-13,20H,2-3H2,1H3. The van der Waals surface area contributed by atoms with Crippen LogP contribution < -0.4 is 0 Å². The fraction of sp³-hybridized carbons (Fsp3) is 0.235. The summed E-state index contributed by atoms with van der Waals surface area (Å²) in [4.78, 5) is 0. The van der Waals surface area contributed by atoms with Gasteiger partial charge in [0.1, 0.15) is 5.82 Å². The highest BCUT2D eigenvalue weighted by Crippen LogP contribution is 2.25. The second-order valence-corrected chi connectivity index (χ2v) is 4.91. The summed E-state index contributed by atoms with van der Waals surface area (Å²) in [7, 11) is 0. The van der Waals surface area contributed by atoms with Crippen molar-refractivity contribution in [2.75, 3.05) is 0 Å². The van der Waals surface area contributed by atoms with Crippen LogP contribution in [0.2, 0.25) is 0 Å². The summed E-state index contributed by atoms with van der Waals surface area (Å²) in [6.07, 6.45) is 3.22. The molecule has 0 radical (unpaired) electrons. The van der Waals surface area contributed by atoms with Crippen LogP contribution in [0.3, 0.4) is 0 Å². The first-order valence-corrected chi connectivity index (χ1v) is 6.72. The molecule has 1 unspecified atom stereocenters. The molecule has 0 saturated heterocycles. The average molecular weight is 271 g/mol. The Hall–Kier alpha value is -2.16. The van der Waals surface area contributed by atoms with Gasteiger partial charge in [-0.25, -0.2) is 4.39 Å². The Kier molecular flexibility index (Phi) is 4.88. The minimum atomic E-state index is -0.218. The van der Waals surface area contributed by atoms with E-state index in [0.717, 1.165) is 24.0 Å². The Morgan fingerprint density at radius 3 is 2.15 bits per heavy atom. The van der Waals surface area contributed by atoms with Crippen LogP contribution in [0.15, 0.2) is 53.7 Å². The van der Waals surface area contributed by atoms with E-state index in [2.05, 4.69) is 36.3 Å². The van der Waals surface area contributed by atoms with Crippen LogP contribution in [0.5, 0.6) is 0 Å². The number of oxime groups is 1. The van der Waals surface area contributed by atoms with E-state index in [9.17, 15) is 4.39 Å². The molecule has 0 aromatic heterocycles. The smallest absolute Gasteiger partial charge is 0.123 e. The second kappa shape index (κ2) is 6.85. The molecule has 0 spiro atoms. The van der Waals surface area contributed by atoms with Crippen molar-refractivity contribution in [1.29, 1.82) is 0 Å². The van der Waals surface area contributed by atoms with Crippen LogP contribution in [0, 0.1) is 5.82 Å². The molecule has 2 nitrogen and oxygen atoms in total. The van der Waals surface area contributed by atoms with Crippen LogP contribution in [0.25, 0.3) is 11.1 Å². The van der Waals surface area contributed by atoms with Gasteiger partial charge in [-0.1, -0.05) is 43.3 Å². The van der Waals surface area contributed by atoms with Gasteiger partial charge in [0.15, 0.2) is 0 Å². The first-order valence-electron chi connectivity index (χ1n) is 6.72. The number of benzene rings is 2. The van der Waals surface area contributed by atoms with Crippen molar-refractivity contribution in [3.63, 3.8) is 0 Å². The van der Waals surface area contributed by atoms with Crippen molar-refractivity contribution in [2.24, 2.45) is 5.16 Å². The van der Waals surface area contributed by atoms with E-state index in [1.54, 1.807) is 12.1 Å². The lowest BCUT2D eigenvalue weighted by Crippen LogP contribution is -1.94. The van der Waals surface area contributed by atoms with E-state index in [4.69, 9.17) is 5.21 Å². The van der Waals surface area contributed by atoms with Crippen molar-refractivity contribution >= 4 is 6.21 Å². The molecule has 0 bridgehead atoms. The van der Waals surface area contributed by atoms with E-state index in [1.807, 2.05) is 0 Å². The Bertz CT molecular complexity index is 561. The number of rotatable bonds is 5. The molecule has 0 fully saturated rings. The maximum atomic E-state index is 12.9. The van der Waals surface area contributed by atoms with Gasteiger partial charge in [0, 0.05) is 6.21 Å². The van der Waals surface area contributed by atoms with E-state index in [-0.39, 0.29) is 5.82 Å². The molecule has 2 aromatic carbocycles. The Morgan fingerprint density at radius 1 is 1.05 bits per heavy atom. The van der Waals surface area contributed by atoms with Crippen molar-refractivity contribution in [1.82, 2.24) is 0 Å². The quantitative estimate of drug-likeness (QED) is 0.471. The summed E-state index contributed by atoms with van der Waals surface area (Å²) < 4.78 is 12.9. The van der Waals surface area contributed by atoms with Crippen LogP contribution >= 0.6 is 0 Å². The minimum Gasteiger partial charge on any atom is -0.411 e. The highest BCUT2D eigenvalue weighted by Gasteiger charge is 2.05. The van der Waals surface area contributed by atoms with Gasteiger partial charge in [-0.3, -0.25) is 0 Å². The topological polar surface area (TPSA) is 32.6 Å². The molecule has 1 atom stereocenters. The van der Waals surface area contributed by atoms with Gasteiger partial charge in [-0.2, -0.15) is 0 Å². The molecule has 0 amide bonds. The number of hydrogen-bond acceptors (Lipinski definition) is 2.